The number of amides is 3. The van der Waals surface area contributed by atoms with E-state index in [-0.39, 0.29) is 18.0 Å². The summed E-state index contributed by atoms with van der Waals surface area (Å²) in [6.45, 7) is 1.01. The third-order valence-corrected chi connectivity index (χ3v) is 5.42. The molecule has 2 aliphatic rings. The quantitative estimate of drug-likeness (QED) is 0.935. The van der Waals surface area contributed by atoms with Crippen LogP contribution in [0.1, 0.15) is 16.5 Å². The van der Waals surface area contributed by atoms with Gasteiger partial charge in [0.25, 0.3) is 5.91 Å². The molecule has 0 radical (unpaired) electrons. The van der Waals surface area contributed by atoms with Gasteiger partial charge in [-0.05, 0) is 17.0 Å². The highest BCUT2D eigenvalue weighted by Gasteiger charge is 2.43. The molecule has 0 aliphatic carbocycles. The molecule has 4 rings (SSSR count). The molecule has 0 fully saturated rings. The second-order valence-corrected chi connectivity index (χ2v) is 6.94. The van der Waals surface area contributed by atoms with Crippen LogP contribution >= 0.6 is 11.3 Å². The molecule has 0 saturated carbocycles. The number of hydrogen-bond donors (Lipinski definition) is 1. The summed E-state index contributed by atoms with van der Waals surface area (Å²) in [7, 11) is 1.72. The predicted octanol–water partition coefficient (Wildman–Crippen LogP) is 2.74. The van der Waals surface area contributed by atoms with E-state index in [1.807, 2.05) is 47.8 Å². The second kappa shape index (κ2) is 5.79. The molecule has 0 unspecified atom stereocenters. The predicted molar refractivity (Wildman–Crippen MR) is 92.2 cm³/mol. The average Bonchev–Trinajstić information content (AvgIpc) is 3.22. The Hall–Kier alpha value is -2.60. The molecule has 1 N–H and O–H groups in total. The lowest BCUT2D eigenvalue weighted by Gasteiger charge is -2.30. The summed E-state index contributed by atoms with van der Waals surface area (Å²) in [4.78, 5) is 29.6. The monoisotopic (exact) mass is 339 g/mol. The number of thiophene rings is 1. The van der Waals surface area contributed by atoms with Crippen molar-refractivity contribution in [3.05, 3.63) is 69.6 Å². The Bertz CT molecular complexity index is 814. The second-order valence-electron chi connectivity index (χ2n) is 5.96. The fourth-order valence-corrected chi connectivity index (χ4v) is 4.01. The maximum Gasteiger partial charge on any atom is 0.322 e. The first-order chi connectivity index (χ1) is 11.6. The largest absolute Gasteiger partial charge is 0.329 e. The van der Waals surface area contributed by atoms with E-state index in [2.05, 4.69) is 5.32 Å². The highest BCUT2D eigenvalue weighted by atomic mass is 32.1. The molecule has 0 spiro atoms. The van der Waals surface area contributed by atoms with Crippen molar-refractivity contribution < 1.29 is 9.59 Å². The van der Waals surface area contributed by atoms with Crippen LogP contribution < -0.4 is 5.32 Å². The average molecular weight is 339 g/mol. The van der Waals surface area contributed by atoms with Gasteiger partial charge in [0.05, 0.1) is 23.9 Å². The summed E-state index contributed by atoms with van der Waals surface area (Å²) < 4.78 is 0. The molecule has 1 aromatic heterocycles. The molecule has 2 aliphatic heterocycles. The topological polar surface area (TPSA) is 52.7 Å². The van der Waals surface area contributed by atoms with Gasteiger partial charge in [0.2, 0.25) is 0 Å². The zero-order chi connectivity index (χ0) is 16.7. The van der Waals surface area contributed by atoms with E-state index >= 15 is 0 Å². The molecule has 3 amide bonds. The van der Waals surface area contributed by atoms with Crippen molar-refractivity contribution in [1.29, 1.82) is 0 Å². The Labute approximate surface area is 144 Å². The van der Waals surface area contributed by atoms with Crippen molar-refractivity contribution >= 4 is 23.3 Å². The molecule has 6 heteroatoms. The number of carbonyl (C=O) groups is 2. The van der Waals surface area contributed by atoms with Crippen molar-refractivity contribution in [3.8, 4) is 0 Å². The highest BCUT2D eigenvalue weighted by molar-refractivity contribution is 7.10. The zero-order valence-corrected chi connectivity index (χ0v) is 14.0. The maximum atomic E-state index is 13.0. The van der Waals surface area contributed by atoms with Crippen LogP contribution in [-0.4, -0.2) is 35.3 Å². The number of benzene rings is 1. The van der Waals surface area contributed by atoms with Crippen LogP contribution in [0.5, 0.6) is 0 Å². The lowest BCUT2D eigenvalue weighted by Crippen LogP contribution is -2.45. The minimum atomic E-state index is -0.350. The van der Waals surface area contributed by atoms with Crippen molar-refractivity contribution in [2.75, 3.05) is 13.6 Å². The normalized spacial score (nSPS) is 20.5. The summed E-state index contributed by atoms with van der Waals surface area (Å²) in [5.41, 5.74) is 2.58. The van der Waals surface area contributed by atoms with Crippen LogP contribution in [0, 0.1) is 0 Å². The summed E-state index contributed by atoms with van der Waals surface area (Å²) in [6, 6.07) is 13.3. The Morgan fingerprint density at radius 2 is 1.96 bits per heavy atom. The minimum absolute atomic E-state index is 0.000830. The molecule has 122 valence electrons. The molecular formula is C18H17N3O2S. The van der Waals surface area contributed by atoms with Crippen LogP contribution in [0.2, 0.25) is 0 Å². The van der Waals surface area contributed by atoms with Gasteiger partial charge in [0.1, 0.15) is 0 Å². The Kier molecular flexibility index (Phi) is 3.61. The summed E-state index contributed by atoms with van der Waals surface area (Å²) >= 11 is 1.55. The van der Waals surface area contributed by atoms with Gasteiger partial charge in [0, 0.05) is 18.5 Å². The van der Waals surface area contributed by atoms with Gasteiger partial charge in [-0.25, -0.2) is 4.79 Å². The van der Waals surface area contributed by atoms with Gasteiger partial charge in [-0.2, -0.15) is 0 Å². The Morgan fingerprint density at radius 3 is 2.67 bits per heavy atom. The molecule has 0 bridgehead atoms. The molecule has 0 saturated heterocycles. The number of rotatable bonds is 3. The van der Waals surface area contributed by atoms with Crippen molar-refractivity contribution in [2.24, 2.45) is 0 Å². The lowest BCUT2D eigenvalue weighted by molar-refractivity contribution is -0.126. The first-order valence-electron chi connectivity index (χ1n) is 7.79. The number of urea groups is 1. The first kappa shape index (κ1) is 15.0. The molecule has 2 aromatic rings. The Balaban J connectivity index is 1.67. The van der Waals surface area contributed by atoms with Gasteiger partial charge >= 0.3 is 6.03 Å². The van der Waals surface area contributed by atoms with Gasteiger partial charge in [0.15, 0.2) is 0 Å². The number of carbonyl (C=O) groups excluding carboxylic acids is 2. The van der Waals surface area contributed by atoms with Crippen molar-refractivity contribution in [3.63, 3.8) is 0 Å². The maximum absolute atomic E-state index is 13.0. The van der Waals surface area contributed by atoms with E-state index in [9.17, 15) is 9.59 Å². The van der Waals surface area contributed by atoms with Gasteiger partial charge in [-0.1, -0.05) is 36.4 Å². The third kappa shape index (κ3) is 2.39. The van der Waals surface area contributed by atoms with Gasteiger partial charge in [-0.3, -0.25) is 9.69 Å². The molecule has 24 heavy (non-hydrogen) atoms. The van der Waals surface area contributed by atoms with E-state index < -0.39 is 0 Å². The number of nitrogens with zero attached hydrogens (tertiary/aromatic N) is 2. The minimum Gasteiger partial charge on any atom is -0.329 e. The summed E-state index contributed by atoms with van der Waals surface area (Å²) in [5.74, 6) is -0.000830. The van der Waals surface area contributed by atoms with E-state index in [0.717, 1.165) is 16.1 Å². The standard InChI is InChI=1S/C18H17N3O2S/c1-20-13-11-21(10-12-6-3-2-4-7-12)17(22)15(13)16(19-18(20)23)14-8-5-9-24-14/h2-9,16H,10-11H2,1H3,(H,19,23)/t16-/m1/s1. The van der Waals surface area contributed by atoms with Crippen LogP contribution in [0.4, 0.5) is 4.79 Å². The first-order valence-corrected chi connectivity index (χ1v) is 8.67. The molecule has 5 nitrogen and oxygen atoms in total. The fourth-order valence-electron chi connectivity index (χ4n) is 3.22. The van der Waals surface area contributed by atoms with E-state index in [4.69, 9.17) is 0 Å². The smallest absolute Gasteiger partial charge is 0.322 e. The molecule has 1 aromatic carbocycles. The Morgan fingerprint density at radius 1 is 1.17 bits per heavy atom. The van der Waals surface area contributed by atoms with Crippen LogP contribution in [0.3, 0.4) is 0 Å². The van der Waals surface area contributed by atoms with E-state index in [0.29, 0.717) is 18.7 Å². The van der Waals surface area contributed by atoms with Crippen molar-refractivity contribution in [2.45, 2.75) is 12.6 Å². The third-order valence-electron chi connectivity index (χ3n) is 4.48. The van der Waals surface area contributed by atoms with Gasteiger partial charge in [-0.15, -0.1) is 11.3 Å². The lowest BCUT2D eigenvalue weighted by atomic mass is 10.0. The number of likely N-dealkylation sites (N-methyl/N-ethyl adjacent to an activating group) is 1. The SMILES string of the molecule is CN1C(=O)N[C@H](c2cccs2)C2=C1CN(Cc1ccccc1)C2=O. The summed E-state index contributed by atoms with van der Waals surface area (Å²) in [5, 5.41) is 4.91. The number of hydrogen-bond acceptors (Lipinski definition) is 3. The van der Waals surface area contributed by atoms with Crippen LogP contribution in [-0.2, 0) is 11.3 Å². The fraction of sp³-hybridized carbons (Fsp3) is 0.222. The van der Waals surface area contributed by atoms with Gasteiger partial charge < -0.3 is 10.2 Å². The highest BCUT2D eigenvalue weighted by Crippen LogP contribution is 2.37. The zero-order valence-electron chi connectivity index (χ0n) is 13.2. The van der Waals surface area contributed by atoms with Crippen LogP contribution in [0.15, 0.2) is 59.1 Å². The molecule has 1 atom stereocenters. The molecular weight excluding hydrogens is 322 g/mol. The van der Waals surface area contributed by atoms with Crippen molar-refractivity contribution in [1.82, 2.24) is 15.1 Å². The summed E-state index contributed by atoms with van der Waals surface area (Å²) in [6.07, 6.45) is 0. The van der Waals surface area contributed by atoms with E-state index in [1.54, 1.807) is 28.2 Å². The van der Waals surface area contributed by atoms with Crippen LogP contribution in [0.25, 0.3) is 0 Å². The molecule has 3 heterocycles. The van der Waals surface area contributed by atoms with E-state index in [1.165, 1.54) is 0 Å². The number of nitrogens with one attached hydrogen (secondary N) is 1.